The summed E-state index contributed by atoms with van der Waals surface area (Å²) in [6.07, 6.45) is 5.48. The van der Waals surface area contributed by atoms with E-state index in [2.05, 4.69) is 61.5 Å². The van der Waals surface area contributed by atoms with Gasteiger partial charge in [0.1, 0.15) is 11.4 Å². The number of halogens is 1. The molecule has 1 aromatic rings. The zero-order chi connectivity index (χ0) is 21.7. The molecule has 1 aliphatic heterocycles. The second-order valence-electron chi connectivity index (χ2n) is 9.65. The van der Waals surface area contributed by atoms with Crippen molar-refractivity contribution >= 4 is 35.8 Å². The van der Waals surface area contributed by atoms with Crippen LogP contribution in [0.5, 0.6) is 5.75 Å². The predicted octanol–water partition coefficient (Wildman–Crippen LogP) is 4.25. The number of hydrogen-bond acceptors (Lipinski definition) is 3. The number of carbonyl (C=O) groups excluding carboxylic acids is 1. The highest BCUT2D eigenvalue weighted by atomic mass is 127. The van der Waals surface area contributed by atoms with Crippen LogP contribution in [-0.2, 0) is 11.3 Å². The van der Waals surface area contributed by atoms with Crippen molar-refractivity contribution in [3.8, 4) is 5.75 Å². The SMILES string of the molecule is CN=C(NCc1ccc(C)cc1OC(C)(C)C)NC1CCN(C(=O)C2CCCC2)C1.I. The first-order valence-electron chi connectivity index (χ1n) is 11.3. The molecule has 6 nitrogen and oxygen atoms in total. The Balaban J connectivity index is 0.00000341. The molecule has 174 valence electrons. The Hall–Kier alpha value is -1.51. The van der Waals surface area contributed by atoms with Gasteiger partial charge in [-0.1, -0.05) is 25.0 Å². The highest BCUT2D eigenvalue weighted by molar-refractivity contribution is 14.0. The minimum Gasteiger partial charge on any atom is -0.488 e. The van der Waals surface area contributed by atoms with E-state index < -0.39 is 0 Å². The maximum atomic E-state index is 12.7. The highest BCUT2D eigenvalue weighted by Crippen LogP contribution is 2.28. The Bertz CT molecular complexity index is 769. The van der Waals surface area contributed by atoms with Gasteiger partial charge in [-0.05, 0) is 58.6 Å². The van der Waals surface area contributed by atoms with Gasteiger partial charge < -0.3 is 20.3 Å². The summed E-state index contributed by atoms with van der Waals surface area (Å²) in [6.45, 7) is 10.5. The largest absolute Gasteiger partial charge is 0.488 e. The molecule has 0 bridgehead atoms. The summed E-state index contributed by atoms with van der Waals surface area (Å²) in [5.41, 5.74) is 2.03. The zero-order valence-corrected chi connectivity index (χ0v) is 22.0. The lowest BCUT2D eigenvalue weighted by molar-refractivity contribution is -0.134. The number of nitrogens with zero attached hydrogens (tertiary/aromatic N) is 2. The topological polar surface area (TPSA) is 66.0 Å². The van der Waals surface area contributed by atoms with E-state index in [-0.39, 0.29) is 41.5 Å². The highest BCUT2D eigenvalue weighted by Gasteiger charge is 2.32. The van der Waals surface area contributed by atoms with Crippen molar-refractivity contribution in [3.05, 3.63) is 29.3 Å². The number of ether oxygens (including phenoxy) is 1. The van der Waals surface area contributed by atoms with Crippen LogP contribution in [0.25, 0.3) is 0 Å². The van der Waals surface area contributed by atoms with E-state index >= 15 is 0 Å². The molecule has 0 spiro atoms. The molecule has 0 radical (unpaired) electrons. The molecule has 3 rings (SSSR count). The second-order valence-corrected chi connectivity index (χ2v) is 9.65. The van der Waals surface area contributed by atoms with Crippen LogP contribution < -0.4 is 15.4 Å². The van der Waals surface area contributed by atoms with Crippen LogP contribution in [0.15, 0.2) is 23.2 Å². The first-order chi connectivity index (χ1) is 14.2. The summed E-state index contributed by atoms with van der Waals surface area (Å²) in [7, 11) is 1.79. The molecule has 2 N–H and O–H groups in total. The molecule has 1 aliphatic carbocycles. The summed E-state index contributed by atoms with van der Waals surface area (Å²) in [4.78, 5) is 19.1. The summed E-state index contributed by atoms with van der Waals surface area (Å²) in [5.74, 6) is 2.27. The third-order valence-corrected chi connectivity index (χ3v) is 5.85. The number of benzene rings is 1. The van der Waals surface area contributed by atoms with Crippen LogP contribution in [-0.4, -0.2) is 48.5 Å². The lowest BCUT2D eigenvalue weighted by atomic mass is 10.1. The monoisotopic (exact) mass is 542 g/mol. The Morgan fingerprint density at radius 1 is 1.23 bits per heavy atom. The van der Waals surface area contributed by atoms with Gasteiger partial charge in [-0.2, -0.15) is 0 Å². The van der Waals surface area contributed by atoms with E-state index in [9.17, 15) is 4.79 Å². The summed E-state index contributed by atoms with van der Waals surface area (Å²) in [5, 5.41) is 6.91. The average Bonchev–Trinajstić information content (AvgIpc) is 3.36. The van der Waals surface area contributed by atoms with Gasteiger partial charge in [-0.15, -0.1) is 24.0 Å². The number of hydrogen-bond donors (Lipinski definition) is 2. The first kappa shape index (κ1) is 25.7. The van der Waals surface area contributed by atoms with Crippen molar-refractivity contribution in [2.75, 3.05) is 20.1 Å². The zero-order valence-electron chi connectivity index (χ0n) is 19.7. The second kappa shape index (κ2) is 11.4. The molecule has 1 heterocycles. The van der Waals surface area contributed by atoms with Crippen LogP contribution in [0.1, 0.15) is 64.0 Å². The number of amides is 1. The van der Waals surface area contributed by atoms with E-state index in [0.717, 1.165) is 49.6 Å². The number of aliphatic imine (C=N–C) groups is 1. The van der Waals surface area contributed by atoms with Gasteiger partial charge in [0.15, 0.2) is 5.96 Å². The number of nitrogens with one attached hydrogen (secondary N) is 2. The van der Waals surface area contributed by atoms with Crippen molar-refractivity contribution < 1.29 is 9.53 Å². The van der Waals surface area contributed by atoms with Crippen molar-refractivity contribution in [3.63, 3.8) is 0 Å². The van der Waals surface area contributed by atoms with Crippen molar-refractivity contribution in [1.82, 2.24) is 15.5 Å². The molecule has 7 heteroatoms. The lowest BCUT2D eigenvalue weighted by Crippen LogP contribution is -2.45. The lowest BCUT2D eigenvalue weighted by Gasteiger charge is -2.24. The number of aryl methyl sites for hydroxylation is 1. The number of likely N-dealkylation sites (tertiary alicyclic amines) is 1. The molecule has 31 heavy (non-hydrogen) atoms. The molecule has 0 aromatic heterocycles. The maximum Gasteiger partial charge on any atom is 0.225 e. The molecular formula is C24H39IN4O2. The third kappa shape index (κ3) is 7.54. The summed E-state index contributed by atoms with van der Waals surface area (Å²) < 4.78 is 6.16. The van der Waals surface area contributed by atoms with Crippen LogP contribution in [0.4, 0.5) is 0 Å². The summed E-state index contributed by atoms with van der Waals surface area (Å²) >= 11 is 0. The van der Waals surface area contributed by atoms with Crippen LogP contribution >= 0.6 is 24.0 Å². The fraction of sp³-hybridized carbons (Fsp3) is 0.667. The Morgan fingerprint density at radius 3 is 2.58 bits per heavy atom. The molecule has 1 amide bonds. The molecule has 1 atom stereocenters. The fourth-order valence-corrected chi connectivity index (χ4v) is 4.31. The number of guanidine groups is 1. The molecule has 1 saturated carbocycles. The van der Waals surface area contributed by atoms with E-state index in [0.29, 0.717) is 12.5 Å². The Morgan fingerprint density at radius 2 is 1.94 bits per heavy atom. The van der Waals surface area contributed by atoms with Gasteiger partial charge in [0.2, 0.25) is 5.91 Å². The van der Waals surface area contributed by atoms with E-state index in [1.165, 1.54) is 18.4 Å². The van der Waals surface area contributed by atoms with Crippen molar-refractivity contribution in [2.24, 2.45) is 10.9 Å². The predicted molar refractivity (Wildman–Crippen MR) is 137 cm³/mol. The van der Waals surface area contributed by atoms with Crippen LogP contribution in [0, 0.1) is 12.8 Å². The molecular weight excluding hydrogens is 503 g/mol. The maximum absolute atomic E-state index is 12.7. The summed E-state index contributed by atoms with van der Waals surface area (Å²) in [6, 6.07) is 6.53. The number of rotatable bonds is 5. The van der Waals surface area contributed by atoms with Crippen LogP contribution in [0.3, 0.4) is 0 Å². The smallest absolute Gasteiger partial charge is 0.225 e. The van der Waals surface area contributed by atoms with Gasteiger partial charge in [0.25, 0.3) is 0 Å². The van der Waals surface area contributed by atoms with Crippen LogP contribution in [0.2, 0.25) is 0 Å². The molecule has 1 unspecified atom stereocenters. The minimum atomic E-state index is -0.248. The van der Waals surface area contributed by atoms with Crippen molar-refractivity contribution in [2.45, 2.75) is 78.0 Å². The number of carbonyl (C=O) groups is 1. The van der Waals surface area contributed by atoms with Gasteiger partial charge in [0, 0.05) is 44.2 Å². The van der Waals surface area contributed by atoms with E-state index in [1.54, 1.807) is 7.05 Å². The third-order valence-electron chi connectivity index (χ3n) is 5.85. The van der Waals surface area contributed by atoms with Gasteiger partial charge in [-0.3, -0.25) is 9.79 Å². The normalized spacial score (nSPS) is 19.8. The van der Waals surface area contributed by atoms with Gasteiger partial charge in [-0.25, -0.2) is 0 Å². The van der Waals surface area contributed by atoms with Gasteiger partial charge >= 0.3 is 0 Å². The molecule has 2 aliphatic rings. The molecule has 1 aromatic carbocycles. The van der Waals surface area contributed by atoms with Gasteiger partial charge in [0.05, 0.1) is 0 Å². The quantitative estimate of drug-likeness (QED) is 0.332. The Labute approximate surface area is 204 Å². The van der Waals surface area contributed by atoms with E-state index in [4.69, 9.17) is 4.74 Å². The minimum absolute atomic E-state index is 0. The molecule has 2 fully saturated rings. The fourth-order valence-electron chi connectivity index (χ4n) is 4.31. The standard InChI is InChI=1S/C24H38N4O2.HI/c1-17-10-11-19(21(14-17)30-24(2,3)4)15-26-23(25-5)27-20-12-13-28(16-20)22(29)18-8-6-7-9-18;/h10-11,14,18,20H,6-9,12-13,15-16H2,1-5H3,(H2,25,26,27);1H. The first-order valence-corrected chi connectivity index (χ1v) is 11.3. The van der Waals surface area contributed by atoms with E-state index in [1.807, 2.05) is 4.90 Å². The molecule has 1 saturated heterocycles. The van der Waals surface area contributed by atoms with Crippen molar-refractivity contribution in [1.29, 1.82) is 0 Å². The Kier molecular flexibility index (Phi) is 9.45. The average molecular weight is 543 g/mol.